The summed E-state index contributed by atoms with van der Waals surface area (Å²) >= 11 is 0. The first kappa shape index (κ1) is 26.1. The molecule has 158 valence electrons. The van der Waals surface area contributed by atoms with Crippen molar-refractivity contribution in [1.29, 1.82) is 0 Å². The smallest absolute Gasteiger partial charge is 0.180 e. The standard InChI is InChI=1S/C14H32NO.C7H8O3S/c1-4-6-8-10-12-15(3,14-16)13-11-9-7-5-2;1-6-2-4-7(5-3-6)11(8,9)10/h16H,4-14H2,1-3H3;2-5H,1H3,(H,8,9,10)/q+1;/p-1. The molecule has 0 aliphatic carbocycles. The summed E-state index contributed by atoms with van der Waals surface area (Å²) in [6.45, 7) is 8.89. The highest BCUT2D eigenvalue weighted by Crippen LogP contribution is 2.11. The van der Waals surface area contributed by atoms with Gasteiger partial charge in [0.1, 0.15) is 10.1 Å². The quantitative estimate of drug-likeness (QED) is 0.243. The van der Waals surface area contributed by atoms with Crippen LogP contribution in [0.25, 0.3) is 0 Å². The maximum atomic E-state index is 10.4. The molecular weight excluding hydrogens is 362 g/mol. The van der Waals surface area contributed by atoms with Gasteiger partial charge in [-0.3, -0.25) is 0 Å². The highest BCUT2D eigenvalue weighted by molar-refractivity contribution is 7.85. The van der Waals surface area contributed by atoms with Crippen LogP contribution in [0.3, 0.4) is 0 Å². The molecule has 0 atom stereocenters. The first-order valence-electron chi connectivity index (χ1n) is 10.2. The van der Waals surface area contributed by atoms with E-state index >= 15 is 0 Å². The summed E-state index contributed by atoms with van der Waals surface area (Å²) in [5, 5.41) is 9.47. The molecule has 0 spiro atoms. The van der Waals surface area contributed by atoms with Gasteiger partial charge in [-0.25, -0.2) is 8.42 Å². The Hall–Kier alpha value is -0.950. The van der Waals surface area contributed by atoms with Crippen molar-refractivity contribution in [3.63, 3.8) is 0 Å². The summed E-state index contributed by atoms with van der Waals surface area (Å²) in [5.74, 6) is 0. The zero-order chi connectivity index (χ0) is 20.8. The monoisotopic (exact) mass is 401 g/mol. The van der Waals surface area contributed by atoms with E-state index in [9.17, 15) is 18.1 Å². The SMILES string of the molecule is CCCCCC[N+](C)(CO)CCCCCC.Cc1ccc(S(=O)(=O)[O-])cc1. The van der Waals surface area contributed by atoms with Crippen molar-refractivity contribution in [2.45, 2.75) is 77.0 Å². The molecule has 0 saturated heterocycles. The Labute approximate surface area is 166 Å². The van der Waals surface area contributed by atoms with Gasteiger partial charge in [-0.05, 0) is 44.7 Å². The Morgan fingerprint density at radius 1 is 0.889 bits per heavy atom. The van der Waals surface area contributed by atoms with Crippen molar-refractivity contribution in [2.24, 2.45) is 0 Å². The molecule has 1 N–H and O–H groups in total. The van der Waals surface area contributed by atoms with E-state index < -0.39 is 10.1 Å². The first-order chi connectivity index (χ1) is 12.7. The van der Waals surface area contributed by atoms with E-state index in [0.29, 0.717) is 6.73 Å². The molecule has 0 heterocycles. The molecule has 1 aromatic rings. The zero-order valence-corrected chi connectivity index (χ0v) is 18.4. The number of quaternary nitrogens is 1. The summed E-state index contributed by atoms with van der Waals surface area (Å²) in [5.41, 5.74) is 0.928. The van der Waals surface area contributed by atoms with Crippen LogP contribution in [0.2, 0.25) is 0 Å². The van der Waals surface area contributed by atoms with E-state index in [2.05, 4.69) is 20.9 Å². The lowest BCUT2D eigenvalue weighted by atomic mass is 10.1. The largest absolute Gasteiger partial charge is 0.744 e. The zero-order valence-electron chi connectivity index (χ0n) is 17.6. The van der Waals surface area contributed by atoms with Crippen LogP contribution in [-0.2, 0) is 10.1 Å². The van der Waals surface area contributed by atoms with Crippen LogP contribution in [0.4, 0.5) is 0 Å². The molecule has 5 nitrogen and oxygen atoms in total. The number of hydrogen-bond donors (Lipinski definition) is 1. The van der Waals surface area contributed by atoms with Crippen LogP contribution in [0.1, 0.15) is 70.8 Å². The molecule has 1 aromatic carbocycles. The van der Waals surface area contributed by atoms with Gasteiger partial charge < -0.3 is 14.1 Å². The maximum absolute atomic E-state index is 10.4. The third-order valence-corrected chi connectivity index (χ3v) is 5.60. The topological polar surface area (TPSA) is 77.4 Å². The summed E-state index contributed by atoms with van der Waals surface area (Å²) < 4.78 is 32.0. The predicted octanol–water partition coefficient (Wildman–Crippen LogP) is 4.44. The molecule has 0 radical (unpaired) electrons. The molecule has 27 heavy (non-hydrogen) atoms. The van der Waals surface area contributed by atoms with Crippen molar-refractivity contribution >= 4 is 10.1 Å². The summed E-state index contributed by atoms with van der Waals surface area (Å²) in [6.07, 6.45) is 10.4. The minimum atomic E-state index is -4.27. The number of hydrogen-bond acceptors (Lipinski definition) is 4. The fraction of sp³-hybridized carbons (Fsp3) is 0.714. The Morgan fingerprint density at radius 2 is 1.33 bits per heavy atom. The van der Waals surface area contributed by atoms with Crippen molar-refractivity contribution in [2.75, 3.05) is 26.9 Å². The fourth-order valence-corrected chi connectivity index (χ4v) is 3.27. The lowest BCUT2D eigenvalue weighted by molar-refractivity contribution is -0.927. The van der Waals surface area contributed by atoms with Gasteiger partial charge in [0.2, 0.25) is 0 Å². The highest BCUT2D eigenvalue weighted by Gasteiger charge is 2.18. The van der Waals surface area contributed by atoms with Gasteiger partial charge in [-0.1, -0.05) is 57.2 Å². The minimum Gasteiger partial charge on any atom is -0.744 e. The van der Waals surface area contributed by atoms with Crippen molar-refractivity contribution < 1.29 is 22.6 Å². The molecule has 0 unspecified atom stereocenters. The van der Waals surface area contributed by atoms with E-state index in [1.54, 1.807) is 12.1 Å². The van der Waals surface area contributed by atoms with Gasteiger partial charge in [0.05, 0.1) is 25.0 Å². The van der Waals surface area contributed by atoms with Gasteiger partial charge in [-0.2, -0.15) is 0 Å². The van der Waals surface area contributed by atoms with E-state index in [1.807, 2.05) is 6.92 Å². The van der Waals surface area contributed by atoms with Gasteiger partial charge in [0, 0.05) is 0 Å². The Morgan fingerprint density at radius 3 is 1.67 bits per heavy atom. The number of unbranched alkanes of at least 4 members (excludes halogenated alkanes) is 6. The lowest BCUT2D eigenvalue weighted by Crippen LogP contribution is -2.46. The van der Waals surface area contributed by atoms with E-state index in [0.717, 1.165) is 23.1 Å². The molecular formula is C21H39NO4S. The molecule has 6 heteroatoms. The number of aryl methyl sites for hydroxylation is 1. The second kappa shape index (κ2) is 14.1. The van der Waals surface area contributed by atoms with Crippen LogP contribution >= 0.6 is 0 Å². The van der Waals surface area contributed by atoms with Gasteiger partial charge >= 0.3 is 0 Å². The van der Waals surface area contributed by atoms with Gasteiger partial charge in [-0.15, -0.1) is 0 Å². The second-order valence-corrected chi connectivity index (χ2v) is 8.98. The van der Waals surface area contributed by atoms with Crippen molar-refractivity contribution in [1.82, 2.24) is 0 Å². The fourth-order valence-electron chi connectivity index (χ4n) is 2.80. The minimum absolute atomic E-state index is 0.178. The average molecular weight is 402 g/mol. The average Bonchev–Trinajstić information content (AvgIpc) is 2.63. The number of benzene rings is 1. The van der Waals surface area contributed by atoms with Crippen molar-refractivity contribution in [3.8, 4) is 0 Å². The second-order valence-electron chi connectivity index (χ2n) is 7.60. The number of nitrogens with zero attached hydrogens (tertiary/aromatic N) is 1. The van der Waals surface area contributed by atoms with Crippen LogP contribution < -0.4 is 0 Å². The predicted molar refractivity (Wildman–Crippen MR) is 110 cm³/mol. The Kier molecular flexibility index (Phi) is 13.6. The van der Waals surface area contributed by atoms with E-state index in [1.165, 1.54) is 63.5 Å². The van der Waals surface area contributed by atoms with Crippen molar-refractivity contribution in [3.05, 3.63) is 29.8 Å². The summed E-state index contributed by atoms with van der Waals surface area (Å²) in [7, 11) is -2.08. The number of rotatable bonds is 12. The number of aliphatic hydroxyl groups is 1. The highest BCUT2D eigenvalue weighted by atomic mass is 32.2. The molecule has 0 aliphatic rings. The third kappa shape index (κ3) is 13.0. The normalized spacial score (nSPS) is 11.8. The number of aliphatic hydroxyl groups excluding tert-OH is 1. The summed E-state index contributed by atoms with van der Waals surface area (Å²) in [4.78, 5) is -0.178. The third-order valence-electron chi connectivity index (χ3n) is 4.75. The Balaban J connectivity index is 0.000000533. The Bertz CT molecular complexity index is 573. The van der Waals surface area contributed by atoms with Crippen LogP contribution in [0.5, 0.6) is 0 Å². The van der Waals surface area contributed by atoms with Crippen LogP contribution in [-0.4, -0.2) is 49.4 Å². The van der Waals surface area contributed by atoms with Crippen LogP contribution in [0.15, 0.2) is 29.2 Å². The van der Waals surface area contributed by atoms with Gasteiger partial charge in [0.15, 0.2) is 6.73 Å². The molecule has 0 amide bonds. The van der Waals surface area contributed by atoms with Crippen LogP contribution in [0, 0.1) is 6.92 Å². The van der Waals surface area contributed by atoms with E-state index in [4.69, 9.17) is 0 Å². The molecule has 0 aliphatic heterocycles. The molecule has 0 fully saturated rings. The molecule has 1 rings (SSSR count). The molecule has 0 saturated carbocycles. The lowest BCUT2D eigenvalue weighted by Gasteiger charge is -2.32. The summed E-state index contributed by atoms with van der Waals surface area (Å²) in [6, 6.07) is 5.78. The molecule has 0 aromatic heterocycles. The molecule has 0 bridgehead atoms. The van der Waals surface area contributed by atoms with Gasteiger partial charge in [0.25, 0.3) is 0 Å². The maximum Gasteiger partial charge on any atom is 0.180 e. The first-order valence-corrected chi connectivity index (χ1v) is 11.6. The van der Waals surface area contributed by atoms with E-state index in [-0.39, 0.29) is 4.90 Å².